The van der Waals surface area contributed by atoms with E-state index >= 15 is 0 Å². The third-order valence-corrected chi connectivity index (χ3v) is 8.74. The summed E-state index contributed by atoms with van der Waals surface area (Å²) in [5.74, 6) is -0.558. The fraction of sp³-hybridized carbons (Fsp3) is 0.529. The maximum Gasteiger partial charge on any atom is 0.261 e. The average Bonchev–Trinajstić information content (AvgIpc) is 3.43. The molecule has 2 aromatic carbocycles. The van der Waals surface area contributed by atoms with E-state index in [2.05, 4.69) is 21.2 Å². The van der Waals surface area contributed by atoms with E-state index in [1.807, 2.05) is 0 Å². The highest BCUT2D eigenvalue weighted by Gasteiger charge is 2.35. The van der Waals surface area contributed by atoms with E-state index in [0.29, 0.717) is 41.4 Å². The predicted molar refractivity (Wildman–Crippen MR) is 171 cm³/mol. The van der Waals surface area contributed by atoms with Crippen LogP contribution in [-0.4, -0.2) is 77.6 Å². The summed E-state index contributed by atoms with van der Waals surface area (Å²) in [5, 5.41) is 4.40. The molecule has 0 bridgehead atoms. The molecule has 3 heterocycles. The Morgan fingerprint density at radius 3 is 1.47 bits per heavy atom. The predicted octanol–water partition coefficient (Wildman–Crippen LogP) is 6.24. The van der Waals surface area contributed by atoms with Crippen LogP contribution in [0.2, 0.25) is 0 Å². The highest BCUT2D eigenvalue weighted by molar-refractivity contribution is 9.09. The Balaban J connectivity index is 0.000000203. The lowest BCUT2D eigenvalue weighted by atomic mass is 10.1. The molecule has 5 rings (SSSR count). The van der Waals surface area contributed by atoms with Crippen LogP contribution in [0.15, 0.2) is 48.5 Å². The topological polar surface area (TPSA) is 96.0 Å². The molecular weight excluding hydrogens is 610 g/mol. The number of fused-ring (bicyclic) bond motifs is 2. The first-order valence-corrected chi connectivity index (χ1v) is 16.9. The number of imide groups is 2. The smallest absolute Gasteiger partial charge is 0.261 e. The Bertz CT molecular complexity index is 1180. The quantitative estimate of drug-likeness (QED) is 0.139. The number of benzene rings is 2. The number of unbranched alkanes of at least 4 members (excludes halogenated alkanes) is 8. The molecular formula is C34H44BrN3O5. The van der Waals surface area contributed by atoms with Gasteiger partial charge in [0.25, 0.3) is 23.6 Å². The lowest BCUT2D eigenvalue weighted by molar-refractivity contribution is 0.0220. The van der Waals surface area contributed by atoms with Gasteiger partial charge in [0.2, 0.25) is 0 Å². The number of halogens is 1. The first-order valence-electron chi connectivity index (χ1n) is 15.8. The van der Waals surface area contributed by atoms with Crippen LogP contribution < -0.4 is 5.32 Å². The standard InChI is InChI=1S/C19H26N2O3.C15H18BrNO2/c22-18-16-9-5-6-10-17(16)19(23)21(18)12-7-3-1-2-4-8-15-14-20-11-13-24-15;16-10-6-2-1-3-7-11-17-14(18)12-8-4-5-9-13(12)15(17)19/h5-6,9-10,15,20H,1-4,7-8,11-14H2;4-5,8-9H,1-3,6-7,10-11H2. The van der Waals surface area contributed by atoms with Crippen molar-refractivity contribution in [3.63, 3.8) is 0 Å². The molecule has 232 valence electrons. The van der Waals surface area contributed by atoms with Crippen LogP contribution in [0.5, 0.6) is 0 Å². The molecule has 0 radical (unpaired) electrons. The molecule has 1 N–H and O–H groups in total. The molecule has 0 aliphatic carbocycles. The van der Waals surface area contributed by atoms with Crippen LogP contribution in [0.4, 0.5) is 0 Å². The second kappa shape index (κ2) is 17.4. The van der Waals surface area contributed by atoms with E-state index in [9.17, 15) is 19.2 Å². The molecule has 8 nitrogen and oxygen atoms in total. The zero-order valence-electron chi connectivity index (χ0n) is 25.0. The summed E-state index contributed by atoms with van der Waals surface area (Å²) in [6.07, 6.45) is 12.4. The molecule has 0 saturated carbocycles. The first kappa shape index (κ1) is 33.0. The number of nitrogens with zero attached hydrogens (tertiary/aromatic N) is 2. The minimum Gasteiger partial charge on any atom is -0.376 e. The Hall–Kier alpha value is -2.88. The minimum atomic E-state index is -0.141. The number of carbonyl (C=O) groups is 4. The maximum atomic E-state index is 12.2. The zero-order chi connectivity index (χ0) is 30.4. The molecule has 1 saturated heterocycles. The van der Waals surface area contributed by atoms with Crippen molar-refractivity contribution in [1.82, 2.24) is 15.1 Å². The Morgan fingerprint density at radius 2 is 1.05 bits per heavy atom. The van der Waals surface area contributed by atoms with Crippen molar-refractivity contribution in [3.05, 3.63) is 70.8 Å². The Labute approximate surface area is 263 Å². The number of amides is 4. The number of hydrogen-bond acceptors (Lipinski definition) is 6. The normalized spacial score (nSPS) is 17.7. The lowest BCUT2D eigenvalue weighted by Crippen LogP contribution is -2.38. The second-order valence-corrected chi connectivity index (χ2v) is 12.1. The van der Waals surface area contributed by atoms with Crippen molar-refractivity contribution in [2.24, 2.45) is 0 Å². The van der Waals surface area contributed by atoms with Gasteiger partial charge in [-0.15, -0.1) is 0 Å². The molecule has 1 atom stereocenters. The van der Waals surface area contributed by atoms with Crippen LogP contribution in [0.3, 0.4) is 0 Å². The van der Waals surface area contributed by atoms with Gasteiger partial charge in [0, 0.05) is 31.5 Å². The van der Waals surface area contributed by atoms with Crippen molar-refractivity contribution in [3.8, 4) is 0 Å². The summed E-state index contributed by atoms with van der Waals surface area (Å²) in [7, 11) is 0. The Kier molecular flexibility index (Phi) is 13.4. The van der Waals surface area contributed by atoms with E-state index in [0.717, 1.165) is 70.0 Å². The van der Waals surface area contributed by atoms with Crippen LogP contribution in [0.1, 0.15) is 112 Å². The van der Waals surface area contributed by atoms with Gasteiger partial charge in [-0.2, -0.15) is 0 Å². The molecule has 3 aliphatic heterocycles. The second-order valence-electron chi connectivity index (χ2n) is 11.3. The summed E-state index contributed by atoms with van der Waals surface area (Å²) in [6, 6.07) is 14.1. The average molecular weight is 655 g/mol. The molecule has 1 fully saturated rings. The van der Waals surface area contributed by atoms with Gasteiger partial charge >= 0.3 is 0 Å². The number of nitrogens with one attached hydrogen (secondary N) is 1. The van der Waals surface area contributed by atoms with Crippen LogP contribution in [0, 0.1) is 0 Å². The van der Waals surface area contributed by atoms with E-state index in [4.69, 9.17) is 4.74 Å². The molecule has 2 aromatic rings. The van der Waals surface area contributed by atoms with Crippen molar-refractivity contribution in [2.75, 3.05) is 38.1 Å². The van der Waals surface area contributed by atoms with Gasteiger partial charge in [-0.05, 0) is 49.9 Å². The van der Waals surface area contributed by atoms with E-state index in [1.165, 1.54) is 35.5 Å². The highest BCUT2D eigenvalue weighted by atomic mass is 79.9. The van der Waals surface area contributed by atoms with Gasteiger partial charge in [-0.3, -0.25) is 29.0 Å². The largest absolute Gasteiger partial charge is 0.376 e. The van der Waals surface area contributed by atoms with E-state index in [-0.39, 0.29) is 23.6 Å². The maximum absolute atomic E-state index is 12.2. The molecule has 0 spiro atoms. The minimum absolute atomic E-state index is 0.138. The first-order chi connectivity index (χ1) is 21.0. The van der Waals surface area contributed by atoms with Gasteiger partial charge in [-0.25, -0.2) is 0 Å². The van der Waals surface area contributed by atoms with Gasteiger partial charge in [0.1, 0.15) is 0 Å². The third kappa shape index (κ3) is 9.06. The van der Waals surface area contributed by atoms with Crippen molar-refractivity contribution in [1.29, 1.82) is 0 Å². The SMILES string of the molecule is O=C1c2ccccc2C(=O)N1CCCCCCCBr.O=C1c2ccccc2C(=O)N1CCCCCCCC1CNCCO1. The number of ether oxygens (including phenoxy) is 1. The van der Waals surface area contributed by atoms with E-state index in [1.54, 1.807) is 48.5 Å². The van der Waals surface area contributed by atoms with Gasteiger partial charge in [0.05, 0.1) is 35.0 Å². The number of carbonyl (C=O) groups excluding carboxylic acids is 4. The number of hydrogen-bond donors (Lipinski definition) is 1. The van der Waals surface area contributed by atoms with Gasteiger partial charge < -0.3 is 10.1 Å². The van der Waals surface area contributed by atoms with Gasteiger partial charge in [0.15, 0.2) is 0 Å². The molecule has 43 heavy (non-hydrogen) atoms. The fourth-order valence-electron chi connectivity index (χ4n) is 5.76. The number of alkyl halides is 1. The monoisotopic (exact) mass is 653 g/mol. The van der Waals surface area contributed by atoms with E-state index < -0.39 is 0 Å². The summed E-state index contributed by atoms with van der Waals surface area (Å²) < 4.78 is 5.68. The van der Waals surface area contributed by atoms with Crippen molar-refractivity contribution in [2.45, 2.75) is 76.7 Å². The molecule has 4 amide bonds. The van der Waals surface area contributed by atoms with Crippen LogP contribution in [-0.2, 0) is 4.74 Å². The number of morpholine rings is 1. The molecule has 1 unspecified atom stereocenters. The third-order valence-electron chi connectivity index (χ3n) is 8.18. The van der Waals surface area contributed by atoms with Crippen molar-refractivity contribution < 1.29 is 23.9 Å². The number of rotatable bonds is 15. The highest BCUT2D eigenvalue weighted by Crippen LogP contribution is 2.24. The van der Waals surface area contributed by atoms with Crippen LogP contribution in [0.25, 0.3) is 0 Å². The zero-order valence-corrected chi connectivity index (χ0v) is 26.6. The Morgan fingerprint density at radius 1 is 0.628 bits per heavy atom. The molecule has 9 heteroatoms. The van der Waals surface area contributed by atoms with Gasteiger partial charge in [-0.1, -0.05) is 85.1 Å². The van der Waals surface area contributed by atoms with Crippen molar-refractivity contribution >= 4 is 39.6 Å². The lowest BCUT2D eigenvalue weighted by Gasteiger charge is -2.23. The summed E-state index contributed by atoms with van der Waals surface area (Å²) >= 11 is 3.41. The fourth-order valence-corrected chi connectivity index (χ4v) is 6.15. The summed E-state index contributed by atoms with van der Waals surface area (Å²) in [6.45, 7) is 3.83. The molecule has 3 aliphatic rings. The summed E-state index contributed by atoms with van der Waals surface area (Å²) in [5.41, 5.74) is 2.19. The van der Waals surface area contributed by atoms with Crippen LogP contribution >= 0.6 is 15.9 Å². The molecule has 0 aromatic heterocycles. The summed E-state index contributed by atoms with van der Waals surface area (Å²) in [4.78, 5) is 51.4.